The fourth-order valence-corrected chi connectivity index (χ4v) is 4.46. The quantitative estimate of drug-likeness (QED) is 0.639. The molecule has 0 spiro atoms. The van der Waals surface area contributed by atoms with Crippen molar-refractivity contribution in [2.75, 3.05) is 0 Å². The predicted octanol–water partition coefficient (Wildman–Crippen LogP) is 5.08. The van der Waals surface area contributed by atoms with Gasteiger partial charge in [0, 0.05) is 10.4 Å². The Morgan fingerprint density at radius 2 is 1.71 bits per heavy atom. The van der Waals surface area contributed by atoms with Gasteiger partial charge in [0.25, 0.3) is 0 Å². The largest absolute Gasteiger partial charge is 0.192 e. The fraction of sp³-hybridized carbons (Fsp3) is 0. The van der Waals surface area contributed by atoms with Crippen LogP contribution in [0.4, 0.5) is 0 Å². The van der Waals surface area contributed by atoms with Gasteiger partial charge >= 0.3 is 0 Å². The molecular weight excluding hydrogens is 266 g/mol. The van der Waals surface area contributed by atoms with Crippen LogP contribution in [0.1, 0.15) is 5.56 Å². The van der Waals surface area contributed by atoms with E-state index in [4.69, 9.17) is 5.26 Å². The summed E-state index contributed by atoms with van der Waals surface area (Å²) in [4.78, 5) is 3.56. The molecule has 0 saturated carbocycles. The van der Waals surface area contributed by atoms with Crippen molar-refractivity contribution in [1.82, 2.24) is 0 Å². The lowest BCUT2D eigenvalue weighted by Gasteiger charge is -1.99. The number of thiophene rings is 3. The van der Waals surface area contributed by atoms with E-state index < -0.39 is 0 Å². The van der Waals surface area contributed by atoms with Crippen LogP contribution in [0.5, 0.6) is 0 Å². The highest BCUT2D eigenvalue weighted by Crippen LogP contribution is 2.42. The van der Waals surface area contributed by atoms with E-state index >= 15 is 0 Å². The van der Waals surface area contributed by atoms with Gasteiger partial charge in [-0.1, -0.05) is 6.07 Å². The summed E-state index contributed by atoms with van der Waals surface area (Å²) in [6.07, 6.45) is 0. The van der Waals surface area contributed by atoms with Gasteiger partial charge in [-0.2, -0.15) is 5.26 Å². The third kappa shape index (κ3) is 1.83. The van der Waals surface area contributed by atoms with Crippen molar-refractivity contribution < 1.29 is 0 Å². The third-order valence-electron chi connectivity index (χ3n) is 2.44. The van der Waals surface area contributed by atoms with Crippen LogP contribution in [-0.2, 0) is 0 Å². The standard InChI is InChI=1S/C13H7NS3/c14-8-9-3-6-16-12(9)13-10(4-7-17-13)11-2-1-5-15-11/h1-7H. The Balaban J connectivity index is 2.18. The first kappa shape index (κ1) is 10.7. The summed E-state index contributed by atoms with van der Waals surface area (Å²) < 4.78 is 0. The molecule has 3 aromatic heterocycles. The summed E-state index contributed by atoms with van der Waals surface area (Å²) in [6.45, 7) is 0. The first-order valence-corrected chi connectivity index (χ1v) is 7.63. The second-order valence-corrected chi connectivity index (χ2v) is 6.20. The lowest BCUT2D eigenvalue weighted by atomic mass is 10.1. The van der Waals surface area contributed by atoms with Gasteiger partial charge in [-0.05, 0) is 34.3 Å². The number of hydrogen-bond acceptors (Lipinski definition) is 4. The van der Waals surface area contributed by atoms with Crippen molar-refractivity contribution in [3.63, 3.8) is 0 Å². The molecule has 4 heteroatoms. The number of rotatable bonds is 2. The highest BCUT2D eigenvalue weighted by Gasteiger charge is 2.14. The monoisotopic (exact) mass is 273 g/mol. The molecule has 0 aromatic carbocycles. The molecule has 17 heavy (non-hydrogen) atoms. The van der Waals surface area contributed by atoms with Crippen LogP contribution in [0.3, 0.4) is 0 Å². The lowest BCUT2D eigenvalue weighted by molar-refractivity contribution is 1.51. The smallest absolute Gasteiger partial charge is 0.101 e. The molecule has 0 aliphatic carbocycles. The third-order valence-corrected chi connectivity index (χ3v) is 5.34. The van der Waals surface area contributed by atoms with Crippen LogP contribution in [0.15, 0.2) is 40.4 Å². The summed E-state index contributed by atoms with van der Waals surface area (Å²) in [6, 6.07) is 10.5. The van der Waals surface area contributed by atoms with Crippen LogP contribution in [0, 0.1) is 11.3 Å². The Labute approximate surface area is 111 Å². The Kier molecular flexibility index (Phi) is 2.81. The van der Waals surface area contributed by atoms with E-state index in [-0.39, 0.29) is 0 Å². The van der Waals surface area contributed by atoms with Crippen molar-refractivity contribution >= 4 is 34.0 Å². The van der Waals surface area contributed by atoms with Crippen molar-refractivity contribution in [1.29, 1.82) is 5.26 Å². The van der Waals surface area contributed by atoms with Crippen molar-refractivity contribution in [2.24, 2.45) is 0 Å². The molecule has 0 bridgehead atoms. The molecule has 82 valence electrons. The minimum atomic E-state index is 0.773. The zero-order chi connectivity index (χ0) is 11.7. The average Bonchev–Trinajstić information content (AvgIpc) is 3.09. The van der Waals surface area contributed by atoms with E-state index in [1.54, 1.807) is 34.0 Å². The van der Waals surface area contributed by atoms with E-state index in [1.165, 1.54) is 15.3 Å². The Hall–Kier alpha value is -1.41. The molecule has 0 amide bonds. The van der Waals surface area contributed by atoms with Gasteiger partial charge in [0.15, 0.2) is 0 Å². The average molecular weight is 273 g/mol. The minimum Gasteiger partial charge on any atom is -0.192 e. The van der Waals surface area contributed by atoms with Gasteiger partial charge in [0.1, 0.15) is 6.07 Å². The normalized spacial score (nSPS) is 10.3. The maximum atomic E-state index is 9.09. The highest BCUT2D eigenvalue weighted by molar-refractivity contribution is 7.21. The van der Waals surface area contributed by atoms with Gasteiger partial charge < -0.3 is 0 Å². The SMILES string of the molecule is N#Cc1ccsc1-c1sccc1-c1cccs1. The van der Waals surface area contributed by atoms with Gasteiger partial charge in [-0.25, -0.2) is 0 Å². The van der Waals surface area contributed by atoms with Gasteiger partial charge in [-0.15, -0.1) is 34.0 Å². The second-order valence-electron chi connectivity index (χ2n) is 3.42. The maximum Gasteiger partial charge on any atom is 0.101 e. The minimum absolute atomic E-state index is 0.773. The summed E-state index contributed by atoms with van der Waals surface area (Å²) >= 11 is 5.07. The van der Waals surface area contributed by atoms with Crippen LogP contribution in [0.25, 0.3) is 20.2 Å². The summed E-state index contributed by atoms with van der Waals surface area (Å²) in [7, 11) is 0. The zero-order valence-electron chi connectivity index (χ0n) is 8.71. The van der Waals surface area contributed by atoms with Crippen LogP contribution in [-0.4, -0.2) is 0 Å². The first-order chi connectivity index (χ1) is 8.40. The molecule has 0 atom stereocenters. The van der Waals surface area contributed by atoms with E-state index in [2.05, 4.69) is 35.0 Å². The number of hydrogen-bond donors (Lipinski definition) is 0. The molecule has 1 nitrogen and oxygen atoms in total. The zero-order valence-corrected chi connectivity index (χ0v) is 11.2. The molecule has 0 radical (unpaired) electrons. The van der Waals surface area contributed by atoms with Crippen molar-refractivity contribution in [2.45, 2.75) is 0 Å². The molecule has 0 saturated heterocycles. The van der Waals surface area contributed by atoms with Crippen LogP contribution >= 0.6 is 34.0 Å². The molecule has 0 aliphatic rings. The summed E-state index contributed by atoms with van der Waals surface area (Å²) in [5, 5.41) is 15.2. The maximum absolute atomic E-state index is 9.09. The number of nitrogens with zero attached hydrogens (tertiary/aromatic N) is 1. The molecule has 3 aromatic rings. The highest BCUT2D eigenvalue weighted by atomic mass is 32.1. The Morgan fingerprint density at radius 3 is 2.47 bits per heavy atom. The molecule has 0 aliphatic heterocycles. The predicted molar refractivity (Wildman–Crippen MR) is 75.7 cm³/mol. The van der Waals surface area contributed by atoms with Crippen LogP contribution < -0.4 is 0 Å². The molecular formula is C13H7NS3. The van der Waals surface area contributed by atoms with Gasteiger partial charge in [-0.3, -0.25) is 0 Å². The van der Waals surface area contributed by atoms with E-state index in [0.29, 0.717) is 0 Å². The second kappa shape index (κ2) is 4.46. The molecule has 3 heterocycles. The molecule has 0 N–H and O–H groups in total. The molecule has 0 unspecified atom stereocenters. The van der Waals surface area contributed by atoms with Gasteiger partial charge in [0.2, 0.25) is 0 Å². The van der Waals surface area contributed by atoms with Crippen LogP contribution in [0.2, 0.25) is 0 Å². The Bertz CT molecular complexity index is 668. The number of nitriles is 1. The van der Waals surface area contributed by atoms with Gasteiger partial charge in [0.05, 0.1) is 15.3 Å². The van der Waals surface area contributed by atoms with Crippen molar-refractivity contribution in [3.05, 3.63) is 46.0 Å². The lowest BCUT2D eigenvalue weighted by Crippen LogP contribution is -1.75. The molecule has 0 fully saturated rings. The first-order valence-electron chi connectivity index (χ1n) is 4.99. The fourth-order valence-electron chi connectivity index (χ4n) is 1.68. The molecule has 3 rings (SSSR count). The van der Waals surface area contributed by atoms with E-state index in [1.807, 2.05) is 11.4 Å². The van der Waals surface area contributed by atoms with Crippen molar-refractivity contribution in [3.8, 4) is 26.3 Å². The summed E-state index contributed by atoms with van der Waals surface area (Å²) in [5.74, 6) is 0. The van der Waals surface area contributed by atoms with E-state index in [0.717, 1.165) is 10.4 Å². The topological polar surface area (TPSA) is 23.8 Å². The Morgan fingerprint density at radius 1 is 0.882 bits per heavy atom. The summed E-state index contributed by atoms with van der Waals surface area (Å²) in [5.41, 5.74) is 2.01. The van der Waals surface area contributed by atoms with E-state index in [9.17, 15) is 0 Å².